The highest BCUT2D eigenvalue weighted by Crippen LogP contribution is 2.17. The van der Waals surface area contributed by atoms with E-state index in [1.165, 1.54) is 19.3 Å². The van der Waals surface area contributed by atoms with Crippen LogP contribution in [0.5, 0.6) is 0 Å². The van der Waals surface area contributed by atoms with Crippen molar-refractivity contribution in [1.29, 1.82) is 0 Å². The van der Waals surface area contributed by atoms with Crippen molar-refractivity contribution < 1.29 is 10.0 Å². The molecule has 1 saturated carbocycles. The van der Waals surface area contributed by atoms with Crippen molar-refractivity contribution in [3.8, 4) is 0 Å². The highest BCUT2D eigenvalue weighted by atomic mass is 16.4. The van der Waals surface area contributed by atoms with E-state index < -0.39 is 6.04 Å². The molecule has 1 unspecified atom stereocenters. The van der Waals surface area contributed by atoms with Gasteiger partial charge >= 0.3 is 6.03 Å². The van der Waals surface area contributed by atoms with Gasteiger partial charge in [0, 0.05) is 6.04 Å². The van der Waals surface area contributed by atoms with Crippen LogP contribution in [-0.4, -0.2) is 29.2 Å². The molecule has 1 aliphatic rings. The standard InChI is InChI=1S/C11H22N4O2/c1-2-9(10(12)15-17)14-11(16)13-8-6-4-3-5-7-8/h8-9,17H,2-7H2,1H3,(H2,12,15)(H2,13,14,16). The highest BCUT2D eigenvalue weighted by Gasteiger charge is 2.19. The Balaban J connectivity index is 2.36. The van der Waals surface area contributed by atoms with Crippen LogP contribution in [0.3, 0.4) is 0 Å². The molecule has 1 fully saturated rings. The molecular weight excluding hydrogens is 220 g/mol. The maximum atomic E-state index is 11.7. The van der Waals surface area contributed by atoms with Gasteiger partial charge in [0.25, 0.3) is 0 Å². The van der Waals surface area contributed by atoms with Crippen molar-refractivity contribution in [1.82, 2.24) is 10.6 Å². The molecule has 98 valence electrons. The van der Waals surface area contributed by atoms with E-state index in [-0.39, 0.29) is 17.9 Å². The monoisotopic (exact) mass is 242 g/mol. The fourth-order valence-corrected chi connectivity index (χ4v) is 2.09. The first-order valence-electron chi connectivity index (χ1n) is 6.21. The van der Waals surface area contributed by atoms with Crippen molar-refractivity contribution in [2.75, 3.05) is 0 Å². The van der Waals surface area contributed by atoms with Gasteiger partial charge in [0.05, 0.1) is 6.04 Å². The normalized spacial score (nSPS) is 19.7. The van der Waals surface area contributed by atoms with Crippen LogP contribution < -0.4 is 16.4 Å². The lowest BCUT2D eigenvalue weighted by Crippen LogP contribution is -2.50. The third-order valence-electron chi connectivity index (χ3n) is 3.13. The number of urea groups is 1. The molecule has 0 aromatic heterocycles. The topological polar surface area (TPSA) is 99.7 Å². The van der Waals surface area contributed by atoms with E-state index in [0.717, 1.165) is 12.8 Å². The lowest BCUT2D eigenvalue weighted by atomic mass is 9.96. The van der Waals surface area contributed by atoms with E-state index in [2.05, 4.69) is 15.8 Å². The predicted molar refractivity (Wildman–Crippen MR) is 66.0 cm³/mol. The number of hydrogen-bond acceptors (Lipinski definition) is 3. The van der Waals surface area contributed by atoms with Gasteiger partial charge in [-0.1, -0.05) is 31.3 Å². The number of carbonyl (C=O) groups excluding carboxylic acids is 1. The Bertz CT molecular complexity index is 275. The number of oxime groups is 1. The molecule has 0 aromatic carbocycles. The number of nitrogens with zero attached hydrogens (tertiary/aromatic N) is 1. The molecule has 0 spiro atoms. The van der Waals surface area contributed by atoms with Crippen molar-refractivity contribution in [2.45, 2.75) is 57.5 Å². The minimum Gasteiger partial charge on any atom is -0.409 e. The maximum Gasteiger partial charge on any atom is 0.315 e. The van der Waals surface area contributed by atoms with Crippen molar-refractivity contribution in [3.05, 3.63) is 0 Å². The van der Waals surface area contributed by atoms with E-state index in [0.29, 0.717) is 6.42 Å². The molecule has 6 heteroatoms. The Labute approximate surface area is 102 Å². The number of hydrogen-bond donors (Lipinski definition) is 4. The summed E-state index contributed by atoms with van der Waals surface area (Å²) in [6.07, 6.45) is 6.25. The largest absolute Gasteiger partial charge is 0.409 e. The number of carbonyl (C=O) groups is 1. The molecule has 2 amide bonds. The zero-order chi connectivity index (χ0) is 12.7. The van der Waals surface area contributed by atoms with E-state index >= 15 is 0 Å². The minimum atomic E-state index is -0.413. The minimum absolute atomic E-state index is 0.0336. The summed E-state index contributed by atoms with van der Waals surface area (Å²) < 4.78 is 0. The summed E-state index contributed by atoms with van der Waals surface area (Å²) in [4.78, 5) is 11.7. The average molecular weight is 242 g/mol. The first kappa shape index (κ1) is 13.6. The second-order valence-electron chi connectivity index (χ2n) is 4.44. The molecule has 0 radical (unpaired) electrons. The Morgan fingerprint density at radius 3 is 2.65 bits per heavy atom. The van der Waals surface area contributed by atoms with E-state index in [9.17, 15) is 4.79 Å². The molecule has 0 aliphatic heterocycles. The first-order valence-corrected chi connectivity index (χ1v) is 6.21. The summed E-state index contributed by atoms with van der Waals surface area (Å²) >= 11 is 0. The Kier molecular flexibility index (Phi) is 5.59. The smallest absolute Gasteiger partial charge is 0.315 e. The summed E-state index contributed by atoms with van der Waals surface area (Å²) in [7, 11) is 0. The van der Waals surface area contributed by atoms with E-state index in [1.54, 1.807) is 0 Å². The second-order valence-corrected chi connectivity index (χ2v) is 4.44. The van der Waals surface area contributed by atoms with Crippen LogP contribution in [0.1, 0.15) is 45.4 Å². The third-order valence-corrected chi connectivity index (χ3v) is 3.13. The number of nitrogens with one attached hydrogen (secondary N) is 2. The van der Waals surface area contributed by atoms with Crippen LogP contribution in [0.2, 0.25) is 0 Å². The molecule has 0 bridgehead atoms. The van der Waals surface area contributed by atoms with Gasteiger partial charge in [0.1, 0.15) is 0 Å². The molecule has 0 aromatic rings. The Morgan fingerprint density at radius 1 is 1.47 bits per heavy atom. The lowest BCUT2D eigenvalue weighted by molar-refractivity contribution is 0.230. The molecular formula is C11H22N4O2. The number of amides is 2. The summed E-state index contributed by atoms with van der Waals surface area (Å²) in [6.45, 7) is 1.86. The van der Waals surface area contributed by atoms with Crippen LogP contribution in [0, 0.1) is 0 Å². The summed E-state index contributed by atoms with van der Waals surface area (Å²) in [5.74, 6) is 0.0336. The van der Waals surface area contributed by atoms with Crippen molar-refractivity contribution in [3.63, 3.8) is 0 Å². The van der Waals surface area contributed by atoms with E-state index in [1.807, 2.05) is 6.92 Å². The fourth-order valence-electron chi connectivity index (χ4n) is 2.09. The van der Waals surface area contributed by atoms with Gasteiger partial charge in [-0.25, -0.2) is 4.79 Å². The SMILES string of the molecule is CCC(NC(=O)NC1CCCCC1)/C(N)=N/O. The average Bonchev–Trinajstić information content (AvgIpc) is 2.36. The molecule has 1 rings (SSSR count). The molecule has 0 heterocycles. The van der Waals surface area contributed by atoms with Crippen LogP contribution in [0.4, 0.5) is 4.79 Å². The van der Waals surface area contributed by atoms with Crippen LogP contribution in [-0.2, 0) is 0 Å². The maximum absolute atomic E-state index is 11.7. The van der Waals surface area contributed by atoms with Gasteiger partial charge in [0.2, 0.25) is 0 Å². The molecule has 5 N–H and O–H groups in total. The molecule has 17 heavy (non-hydrogen) atoms. The van der Waals surface area contributed by atoms with Gasteiger partial charge in [-0.05, 0) is 19.3 Å². The summed E-state index contributed by atoms with van der Waals surface area (Å²) in [5.41, 5.74) is 5.47. The molecule has 0 saturated heterocycles. The van der Waals surface area contributed by atoms with Gasteiger partial charge in [-0.15, -0.1) is 0 Å². The van der Waals surface area contributed by atoms with Gasteiger partial charge in [0.15, 0.2) is 5.84 Å². The van der Waals surface area contributed by atoms with Crippen LogP contribution >= 0.6 is 0 Å². The quantitative estimate of drug-likeness (QED) is 0.257. The van der Waals surface area contributed by atoms with Gasteiger partial charge < -0.3 is 21.6 Å². The zero-order valence-corrected chi connectivity index (χ0v) is 10.3. The van der Waals surface area contributed by atoms with Crippen LogP contribution in [0.15, 0.2) is 5.16 Å². The molecule has 1 aliphatic carbocycles. The molecule has 1 atom stereocenters. The number of nitrogens with two attached hydrogens (primary N) is 1. The Morgan fingerprint density at radius 2 is 2.12 bits per heavy atom. The first-order chi connectivity index (χ1) is 8.17. The number of rotatable bonds is 4. The third kappa shape index (κ3) is 4.50. The van der Waals surface area contributed by atoms with E-state index in [4.69, 9.17) is 10.9 Å². The lowest BCUT2D eigenvalue weighted by Gasteiger charge is -2.24. The van der Waals surface area contributed by atoms with Crippen LogP contribution in [0.25, 0.3) is 0 Å². The zero-order valence-electron chi connectivity index (χ0n) is 10.3. The Hall–Kier alpha value is -1.46. The molecule has 6 nitrogen and oxygen atoms in total. The van der Waals surface area contributed by atoms with Gasteiger partial charge in [-0.2, -0.15) is 0 Å². The van der Waals surface area contributed by atoms with Crippen molar-refractivity contribution >= 4 is 11.9 Å². The summed E-state index contributed by atoms with van der Waals surface area (Å²) in [6, 6.07) is -0.396. The predicted octanol–water partition coefficient (Wildman–Crippen LogP) is 1.14. The highest BCUT2D eigenvalue weighted by molar-refractivity contribution is 5.89. The summed E-state index contributed by atoms with van der Waals surface area (Å²) in [5, 5.41) is 17.1. The van der Waals surface area contributed by atoms with Gasteiger partial charge in [-0.3, -0.25) is 0 Å². The van der Waals surface area contributed by atoms with Crippen molar-refractivity contribution in [2.24, 2.45) is 10.9 Å². The fraction of sp³-hybridized carbons (Fsp3) is 0.818. The number of amidine groups is 1. The second kappa shape index (κ2) is 6.98.